The number of carbonyl (C=O) groups is 5. The number of benzene rings is 1. The predicted molar refractivity (Wildman–Crippen MR) is 138 cm³/mol. The van der Waals surface area contributed by atoms with Crippen molar-refractivity contribution in [3.05, 3.63) is 35.9 Å². The van der Waals surface area contributed by atoms with Gasteiger partial charge in [-0.25, -0.2) is 4.79 Å². The lowest BCUT2D eigenvalue weighted by Gasteiger charge is -2.27. The first kappa shape index (κ1) is 31.5. The first-order chi connectivity index (χ1) is 17.5. The number of carbonyl (C=O) groups excluding carboxylic acids is 4. The molecular formula is C25H40N6O6. The predicted octanol–water partition coefficient (Wildman–Crippen LogP) is -0.854. The van der Waals surface area contributed by atoms with E-state index in [0.29, 0.717) is 19.4 Å². The van der Waals surface area contributed by atoms with E-state index in [-0.39, 0.29) is 31.6 Å². The summed E-state index contributed by atoms with van der Waals surface area (Å²) in [5.41, 5.74) is 17.2. The molecule has 12 heteroatoms. The first-order valence-corrected chi connectivity index (χ1v) is 12.4. The molecule has 37 heavy (non-hydrogen) atoms. The van der Waals surface area contributed by atoms with E-state index < -0.39 is 53.8 Å². The maximum Gasteiger partial charge on any atom is 0.326 e. The second kappa shape index (κ2) is 16.3. The number of hydrogen-bond acceptors (Lipinski definition) is 7. The molecule has 0 fully saturated rings. The third kappa shape index (κ3) is 11.8. The third-order valence-electron chi connectivity index (χ3n) is 5.76. The van der Waals surface area contributed by atoms with Gasteiger partial charge >= 0.3 is 5.97 Å². The number of unbranched alkanes of at least 4 members (excludes halogenated alkanes) is 1. The van der Waals surface area contributed by atoms with Crippen LogP contribution in [0.4, 0.5) is 0 Å². The molecule has 0 aliphatic heterocycles. The summed E-state index contributed by atoms with van der Waals surface area (Å²) in [4.78, 5) is 61.4. The smallest absolute Gasteiger partial charge is 0.326 e. The number of rotatable bonds is 17. The Labute approximate surface area is 217 Å². The van der Waals surface area contributed by atoms with E-state index in [9.17, 15) is 29.1 Å². The second-order valence-corrected chi connectivity index (χ2v) is 9.28. The number of carboxylic acid groups (broad SMARTS) is 1. The monoisotopic (exact) mass is 520 g/mol. The largest absolute Gasteiger partial charge is 0.480 e. The van der Waals surface area contributed by atoms with Gasteiger partial charge in [-0.1, -0.05) is 44.2 Å². The summed E-state index contributed by atoms with van der Waals surface area (Å²) in [5, 5.41) is 17.4. The standard InChI is InChI=1S/C25H40N6O6/c1-15(2)21(24(35)30-19(25(36)37)14-16-8-4-3-5-9-16)31-23(34)18(10-6-7-13-26)29-22(33)17(27)11-12-20(28)32/h3-5,8-9,15,17-19,21H,6-7,10-14,26-27H2,1-2H3,(H2,28,32)(H,29,33)(H,30,35)(H,31,34)(H,36,37). The Balaban J connectivity index is 2.94. The van der Waals surface area contributed by atoms with Gasteiger partial charge in [0, 0.05) is 12.8 Å². The van der Waals surface area contributed by atoms with E-state index in [4.69, 9.17) is 17.2 Å². The minimum Gasteiger partial charge on any atom is -0.480 e. The van der Waals surface area contributed by atoms with Crippen molar-refractivity contribution in [3.63, 3.8) is 0 Å². The lowest BCUT2D eigenvalue weighted by Crippen LogP contribution is -2.58. The van der Waals surface area contributed by atoms with E-state index >= 15 is 0 Å². The van der Waals surface area contributed by atoms with Crippen molar-refractivity contribution in [1.82, 2.24) is 16.0 Å². The molecule has 1 aromatic carbocycles. The molecule has 0 aliphatic rings. The van der Waals surface area contributed by atoms with Crippen molar-refractivity contribution >= 4 is 29.6 Å². The summed E-state index contributed by atoms with van der Waals surface area (Å²) in [6.45, 7) is 3.81. The van der Waals surface area contributed by atoms with Crippen molar-refractivity contribution < 1.29 is 29.1 Å². The van der Waals surface area contributed by atoms with E-state index in [1.807, 2.05) is 0 Å². The van der Waals surface area contributed by atoms with Crippen molar-refractivity contribution in [1.29, 1.82) is 0 Å². The normalized spacial score (nSPS) is 14.2. The number of aliphatic carboxylic acids is 1. The van der Waals surface area contributed by atoms with Gasteiger partial charge in [0.25, 0.3) is 0 Å². The highest BCUT2D eigenvalue weighted by molar-refractivity contribution is 5.94. The van der Waals surface area contributed by atoms with E-state index in [1.54, 1.807) is 44.2 Å². The van der Waals surface area contributed by atoms with Gasteiger partial charge in [-0.05, 0) is 43.7 Å². The molecule has 1 aromatic rings. The zero-order valence-electron chi connectivity index (χ0n) is 21.4. The zero-order chi connectivity index (χ0) is 28.0. The summed E-state index contributed by atoms with van der Waals surface area (Å²) < 4.78 is 0. The van der Waals surface area contributed by atoms with Gasteiger partial charge in [0.15, 0.2) is 0 Å². The average Bonchev–Trinajstić information content (AvgIpc) is 2.84. The van der Waals surface area contributed by atoms with Gasteiger partial charge in [-0.2, -0.15) is 0 Å². The van der Waals surface area contributed by atoms with Crippen LogP contribution >= 0.6 is 0 Å². The van der Waals surface area contributed by atoms with Crippen LogP contribution in [0.25, 0.3) is 0 Å². The van der Waals surface area contributed by atoms with Gasteiger partial charge in [0.1, 0.15) is 18.1 Å². The Morgan fingerprint density at radius 2 is 1.49 bits per heavy atom. The summed E-state index contributed by atoms with van der Waals surface area (Å²) in [5.74, 6) is -4.09. The van der Waals surface area contributed by atoms with E-state index in [2.05, 4.69) is 16.0 Å². The van der Waals surface area contributed by atoms with Crippen LogP contribution in [0.15, 0.2) is 30.3 Å². The number of nitrogens with one attached hydrogen (secondary N) is 3. The first-order valence-electron chi connectivity index (χ1n) is 12.4. The fourth-order valence-electron chi connectivity index (χ4n) is 3.57. The minimum atomic E-state index is -1.21. The summed E-state index contributed by atoms with van der Waals surface area (Å²) in [7, 11) is 0. The average molecular weight is 521 g/mol. The Kier molecular flexibility index (Phi) is 13.9. The molecule has 0 spiro atoms. The SMILES string of the molecule is CC(C)C(NC(=O)C(CCCCN)NC(=O)C(N)CCC(N)=O)C(=O)NC(Cc1ccccc1)C(=O)O. The van der Waals surface area contributed by atoms with E-state index in [1.165, 1.54) is 0 Å². The zero-order valence-corrected chi connectivity index (χ0v) is 21.4. The molecule has 10 N–H and O–H groups in total. The molecule has 12 nitrogen and oxygen atoms in total. The van der Waals surface area contributed by atoms with Gasteiger partial charge in [-0.3, -0.25) is 19.2 Å². The second-order valence-electron chi connectivity index (χ2n) is 9.28. The van der Waals surface area contributed by atoms with Crippen LogP contribution < -0.4 is 33.2 Å². The molecule has 0 saturated heterocycles. The van der Waals surface area contributed by atoms with Crippen LogP contribution in [0.1, 0.15) is 51.5 Å². The number of primary amides is 1. The highest BCUT2D eigenvalue weighted by Gasteiger charge is 2.31. The Hall–Kier alpha value is -3.51. The third-order valence-corrected chi connectivity index (χ3v) is 5.76. The minimum absolute atomic E-state index is 0.0212. The highest BCUT2D eigenvalue weighted by Crippen LogP contribution is 2.09. The Morgan fingerprint density at radius 1 is 0.865 bits per heavy atom. The van der Waals surface area contributed by atoms with Gasteiger partial charge in [0.05, 0.1) is 6.04 Å². The van der Waals surface area contributed by atoms with Crippen molar-refractivity contribution in [2.24, 2.45) is 23.1 Å². The van der Waals surface area contributed by atoms with Gasteiger partial charge in [-0.15, -0.1) is 0 Å². The van der Waals surface area contributed by atoms with Crippen molar-refractivity contribution in [2.75, 3.05) is 6.54 Å². The molecule has 0 saturated carbocycles. The fourth-order valence-corrected chi connectivity index (χ4v) is 3.57. The molecule has 0 heterocycles. The van der Waals surface area contributed by atoms with Crippen molar-refractivity contribution in [3.8, 4) is 0 Å². The fraction of sp³-hybridized carbons (Fsp3) is 0.560. The molecule has 0 bridgehead atoms. The molecule has 1 rings (SSSR count). The van der Waals surface area contributed by atoms with Crippen LogP contribution in [0.5, 0.6) is 0 Å². The Bertz CT molecular complexity index is 910. The molecular weight excluding hydrogens is 480 g/mol. The maximum absolute atomic E-state index is 13.1. The Morgan fingerprint density at radius 3 is 2.03 bits per heavy atom. The van der Waals surface area contributed by atoms with Crippen LogP contribution in [0.2, 0.25) is 0 Å². The van der Waals surface area contributed by atoms with E-state index in [0.717, 1.165) is 5.56 Å². The molecule has 4 atom stereocenters. The summed E-state index contributed by atoms with van der Waals surface area (Å²) >= 11 is 0. The molecule has 0 radical (unpaired) electrons. The molecule has 4 unspecified atom stereocenters. The lowest BCUT2D eigenvalue weighted by molar-refractivity contribution is -0.142. The van der Waals surface area contributed by atoms with Crippen LogP contribution in [-0.2, 0) is 30.4 Å². The quantitative estimate of drug-likeness (QED) is 0.128. The van der Waals surface area contributed by atoms with Crippen LogP contribution in [-0.4, -0.2) is 65.4 Å². The summed E-state index contributed by atoms with van der Waals surface area (Å²) in [6.07, 6.45) is 1.40. The maximum atomic E-state index is 13.1. The van der Waals surface area contributed by atoms with Gasteiger partial charge in [0.2, 0.25) is 23.6 Å². The van der Waals surface area contributed by atoms with Crippen LogP contribution in [0, 0.1) is 5.92 Å². The number of nitrogens with two attached hydrogens (primary N) is 3. The molecule has 0 aliphatic carbocycles. The summed E-state index contributed by atoms with van der Waals surface area (Å²) in [6, 6.07) is 4.55. The molecule has 0 aromatic heterocycles. The number of amides is 4. The molecule has 4 amide bonds. The van der Waals surface area contributed by atoms with Crippen LogP contribution in [0.3, 0.4) is 0 Å². The molecule has 206 valence electrons. The lowest BCUT2D eigenvalue weighted by atomic mass is 10.00. The highest BCUT2D eigenvalue weighted by atomic mass is 16.4. The number of hydrogen-bond donors (Lipinski definition) is 7. The number of carboxylic acids is 1. The van der Waals surface area contributed by atoms with Gasteiger partial charge < -0.3 is 38.3 Å². The topological polar surface area (TPSA) is 220 Å². The van der Waals surface area contributed by atoms with Crippen molar-refractivity contribution in [2.45, 2.75) is 76.5 Å².